The molecule has 0 saturated carbocycles. The van der Waals surface area contributed by atoms with Gasteiger partial charge < -0.3 is 5.32 Å². The van der Waals surface area contributed by atoms with Crippen LogP contribution < -0.4 is 5.32 Å². The highest BCUT2D eigenvalue weighted by Gasteiger charge is 2.14. The van der Waals surface area contributed by atoms with E-state index in [2.05, 4.69) is 61.8 Å². The van der Waals surface area contributed by atoms with Gasteiger partial charge in [0.1, 0.15) is 0 Å². The van der Waals surface area contributed by atoms with Crippen LogP contribution in [0.15, 0.2) is 34.9 Å². The van der Waals surface area contributed by atoms with Gasteiger partial charge in [0, 0.05) is 4.47 Å². The first kappa shape index (κ1) is 13.2. The molecule has 0 spiro atoms. The van der Waals surface area contributed by atoms with Crippen LogP contribution in [-0.4, -0.2) is 22.0 Å². The quantitative estimate of drug-likeness (QED) is 0.863. The molecule has 0 radical (unpaired) electrons. The van der Waals surface area contributed by atoms with Crippen LogP contribution in [0.4, 0.5) is 0 Å². The normalized spacial score (nSPS) is 12.6. The highest BCUT2D eigenvalue weighted by Crippen LogP contribution is 2.18. The van der Waals surface area contributed by atoms with Crippen molar-refractivity contribution >= 4 is 15.9 Å². The summed E-state index contributed by atoms with van der Waals surface area (Å²) in [6.45, 7) is 3.14. The molecule has 0 aliphatic carbocycles. The van der Waals surface area contributed by atoms with Crippen molar-refractivity contribution in [3.8, 4) is 0 Å². The van der Waals surface area contributed by atoms with Crippen molar-refractivity contribution in [2.75, 3.05) is 6.54 Å². The molecule has 0 aliphatic rings. The molecule has 1 atom stereocenters. The van der Waals surface area contributed by atoms with E-state index in [-0.39, 0.29) is 6.04 Å². The van der Waals surface area contributed by atoms with E-state index in [1.54, 1.807) is 6.20 Å². The summed E-state index contributed by atoms with van der Waals surface area (Å²) in [5.74, 6) is 0. The van der Waals surface area contributed by atoms with Gasteiger partial charge in [0.2, 0.25) is 0 Å². The maximum Gasteiger partial charge on any atom is 0.0997 e. The fourth-order valence-electron chi connectivity index (χ4n) is 1.88. The fraction of sp³-hybridized carbons (Fsp3) is 0.385. The van der Waals surface area contributed by atoms with E-state index < -0.39 is 0 Å². The van der Waals surface area contributed by atoms with Gasteiger partial charge in [-0.2, -0.15) is 15.4 Å². The molecule has 2 rings (SSSR count). The molecule has 0 saturated heterocycles. The lowest BCUT2D eigenvalue weighted by Crippen LogP contribution is -2.24. The van der Waals surface area contributed by atoms with Crippen LogP contribution in [0, 0.1) is 0 Å². The Labute approximate surface area is 115 Å². The maximum atomic E-state index is 4.18. The summed E-state index contributed by atoms with van der Waals surface area (Å²) >= 11 is 3.50. The SMILES string of the molecule is CCCNC(Cc1cccc(Br)c1)c1cn[nH]n1. The summed E-state index contributed by atoms with van der Waals surface area (Å²) in [5, 5.41) is 14.2. The molecular formula is C13H17BrN4. The molecule has 1 unspecified atom stereocenters. The Hall–Kier alpha value is -1.20. The molecule has 96 valence electrons. The van der Waals surface area contributed by atoms with E-state index in [9.17, 15) is 0 Å². The molecule has 18 heavy (non-hydrogen) atoms. The van der Waals surface area contributed by atoms with E-state index in [0.717, 1.165) is 29.6 Å². The molecular weight excluding hydrogens is 292 g/mol. The van der Waals surface area contributed by atoms with Crippen LogP contribution in [-0.2, 0) is 6.42 Å². The lowest BCUT2D eigenvalue weighted by atomic mass is 10.0. The molecule has 0 fully saturated rings. The Bertz CT molecular complexity index is 470. The van der Waals surface area contributed by atoms with Crippen molar-refractivity contribution in [2.24, 2.45) is 0 Å². The Kier molecular flexibility index (Phi) is 4.90. The topological polar surface area (TPSA) is 53.6 Å². The molecule has 2 aromatic rings. The van der Waals surface area contributed by atoms with Crippen molar-refractivity contribution in [3.63, 3.8) is 0 Å². The first-order valence-electron chi connectivity index (χ1n) is 6.13. The molecule has 1 heterocycles. The van der Waals surface area contributed by atoms with Crippen LogP contribution in [0.3, 0.4) is 0 Å². The third kappa shape index (κ3) is 3.65. The van der Waals surface area contributed by atoms with E-state index in [1.807, 2.05) is 6.07 Å². The predicted molar refractivity (Wildman–Crippen MR) is 75.3 cm³/mol. The van der Waals surface area contributed by atoms with E-state index in [1.165, 1.54) is 5.56 Å². The van der Waals surface area contributed by atoms with Crippen LogP contribution in [0.25, 0.3) is 0 Å². The van der Waals surface area contributed by atoms with Gasteiger partial charge in [0.25, 0.3) is 0 Å². The average Bonchev–Trinajstić information content (AvgIpc) is 2.88. The van der Waals surface area contributed by atoms with Crippen LogP contribution in [0.1, 0.15) is 30.6 Å². The highest BCUT2D eigenvalue weighted by molar-refractivity contribution is 9.10. The molecule has 2 N–H and O–H groups in total. The molecule has 0 bridgehead atoms. The highest BCUT2D eigenvalue weighted by atomic mass is 79.9. The van der Waals surface area contributed by atoms with Crippen molar-refractivity contribution in [1.82, 2.24) is 20.7 Å². The zero-order valence-corrected chi connectivity index (χ0v) is 11.9. The second kappa shape index (κ2) is 6.66. The number of benzene rings is 1. The number of aromatic nitrogens is 3. The Morgan fingerprint density at radius 2 is 2.33 bits per heavy atom. The summed E-state index contributed by atoms with van der Waals surface area (Å²) in [4.78, 5) is 0. The van der Waals surface area contributed by atoms with Gasteiger partial charge in [0.05, 0.1) is 17.9 Å². The lowest BCUT2D eigenvalue weighted by molar-refractivity contribution is 0.517. The van der Waals surface area contributed by atoms with Gasteiger partial charge in [-0.1, -0.05) is 35.0 Å². The second-order valence-corrected chi connectivity index (χ2v) is 5.15. The zero-order valence-electron chi connectivity index (χ0n) is 10.4. The summed E-state index contributed by atoms with van der Waals surface area (Å²) in [6, 6.07) is 8.57. The van der Waals surface area contributed by atoms with Crippen molar-refractivity contribution in [2.45, 2.75) is 25.8 Å². The van der Waals surface area contributed by atoms with E-state index in [4.69, 9.17) is 0 Å². The first-order chi connectivity index (χ1) is 8.79. The van der Waals surface area contributed by atoms with Crippen LogP contribution in [0.2, 0.25) is 0 Å². The van der Waals surface area contributed by atoms with Crippen molar-refractivity contribution in [3.05, 3.63) is 46.2 Å². The van der Waals surface area contributed by atoms with Gasteiger partial charge in [-0.15, -0.1) is 0 Å². The molecule has 4 nitrogen and oxygen atoms in total. The molecule has 0 aliphatic heterocycles. The minimum atomic E-state index is 0.206. The molecule has 5 heteroatoms. The number of aromatic amines is 1. The monoisotopic (exact) mass is 308 g/mol. The third-order valence-corrected chi connectivity index (χ3v) is 3.25. The summed E-state index contributed by atoms with van der Waals surface area (Å²) in [7, 11) is 0. The van der Waals surface area contributed by atoms with Crippen LogP contribution in [0.5, 0.6) is 0 Å². The van der Waals surface area contributed by atoms with Gasteiger partial charge in [-0.3, -0.25) is 0 Å². The number of nitrogens with one attached hydrogen (secondary N) is 2. The minimum Gasteiger partial charge on any atom is -0.308 e. The summed E-state index contributed by atoms with van der Waals surface area (Å²) in [5.41, 5.74) is 2.24. The molecule has 1 aromatic heterocycles. The summed E-state index contributed by atoms with van der Waals surface area (Å²) < 4.78 is 1.11. The third-order valence-electron chi connectivity index (χ3n) is 2.76. The zero-order chi connectivity index (χ0) is 12.8. The Morgan fingerprint density at radius 1 is 1.44 bits per heavy atom. The largest absolute Gasteiger partial charge is 0.308 e. The fourth-order valence-corrected chi connectivity index (χ4v) is 2.32. The first-order valence-corrected chi connectivity index (χ1v) is 6.92. The summed E-state index contributed by atoms with van der Waals surface area (Å²) in [6.07, 6.45) is 3.80. The van der Waals surface area contributed by atoms with E-state index in [0.29, 0.717) is 0 Å². The average molecular weight is 309 g/mol. The van der Waals surface area contributed by atoms with E-state index >= 15 is 0 Å². The van der Waals surface area contributed by atoms with Gasteiger partial charge in [0.15, 0.2) is 0 Å². The predicted octanol–water partition coefficient (Wildman–Crippen LogP) is 2.85. The Balaban J connectivity index is 2.10. The standard InChI is InChI=1S/C13H17BrN4/c1-2-6-15-12(13-9-16-18-17-13)8-10-4-3-5-11(14)7-10/h3-5,7,9,12,15H,2,6,8H2,1H3,(H,16,17,18). The second-order valence-electron chi connectivity index (χ2n) is 4.24. The van der Waals surface area contributed by atoms with Gasteiger partial charge >= 0.3 is 0 Å². The number of H-pyrrole nitrogens is 1. The van der Waals surface area contributed by atoms with Gasteiger partial charge in [-0.05, 0) is 37.1 Å². The lowest BCUT2D eigenvalue weighted by Gasteiger charge is -2.16. The number of hydrogen-bond donors (Lipinski definition) is 2. The molecule has 0 amide bonds. The Morgan fingerprint density at radius 3 is 3.00 bits per heavy atom. The van der Waals surface area contributed by atoms with Crippen molar-refractivity contribution in [1.29, 1.82) is 0 Å². The van der Waals surface area contributed by atoms with Crippen molar-refractivity contribution < 1.29 is 0 Å². The number of halogens is 1. The smallest absolute Gasteiger partial charge is 0.0997 e. The number of hydrogen-bond acceptors (Lipinski definition) is 3. The molecule has 1 aromatic carbocycles. The van der Waals surface area contributed by atoms with Crippen LogP contribution >= 0.6 is 15.9 Å². The minimum absolute atomic E-state index is 0.206. The van der Waals surface area contributed by atoms with Gasteiger partial charge in [-0.25, -0.2) is 0 Å². The number of nitrogens with zero attached hydrogens (tertiary/aromatic N) is 2. The maximum absolute atomic E-state index is 4.18. The number of rotatable bonds is 6.